The third-order valence-corrected chi connectivity index (χ3v) is 3.76. The highest BCUT2D eigenvalue weighted by atomic mass is 16.5. The van der Waals surface area contributed by atoms with Crippen LogP contribution in [0.2, 0.25) is 0 Å². The van der Waals surface area contributed by atoms with Crippen LogP contribution >= 0.6 is 0 Å². The number of rotatable bonds is 8. The molecule has 27 heavy (non-hydrogen) atoms. The molecule has 144 valence electrons. The van der Waals surface area contributed by atoms with Gasteiger partial charge in [-0.05, 0) is 31.2 Å². The molecular weight excluding hydrogens is 350 g/mol. The molecule has 1 heterocycles. The van der Waals surface area contributed by atoms with E-state index in [1.807, 2.05) is 6.92 Å². The highest BCUT2D eigenvalue weighted by molar-refractivity contribution is 5.95. The summed E-state index contributed by atoms with van der Waals surface area (Å²) in [6, 6.07) is 6.65. The van der Waals surface area contributed by atoms with Crippen molar-refractivity contribution in [3.05, 3.63) is 35.5 Å². The molecule has 0 spiro atoms. The molecule has 0 aliphatic heterocycles. The molecule has 0 saturated heterocycles. The molecule has 10 heteroatoms. The number of carbonyl (C=O) groups is 2. The van der Waals surface area contributed by atoms with Crippen molar-refractivity contribution >= 4 is 23.6 Å². The zero-order valence-corrected chi connectivity index (χ0v) is 15.7. The molecule has 1 unspecified atom stereocenters. The fourth-order valence-corrected chi connectivity index (χ4v) is 2.41. The fourth-order valence-electron chi connectivity index (χ4n) is 2.41. The van der Waals surface area contributed by atoms with Crippen molar-refractivity contribution in [3.8, 4) is 5.75 Å². The van der Waals surface area contributed by atoms with Gasteiger partial charge < -0.3 is 26.0 Å². The van der Waals surface area contributed by atoms with Crippen LogP contribution in [0.4, 0.5) is 11.8 Å². The van der Waals surface area contributed by atoms with Crippen molar-refractivity contribution in [1.82, 2.24) is 20.5 Å². The topological polar surface area (TPSA) is 135 Å². The van der Waals surface area contributed by atoms with Gasteiger partial charge in [-0.1, -0.05) is 0 Å². The van der Waals surface area contributed by atoms with E-state index in [1.54, 1.807) is 50.4 Å². The molecule has 2 amide bonds. The lowest BCUT2D eigenvalue weighted by molar-refractivity contribution is 0.0939. The summed E-state index contributed by atoms with van der Waals surface area (Å²) in [6.45, 7) is 2.30. The second-order valence-electron chi connectivity index (χ2n) is 5.91. The molecule has 0 aliphatic rings. The molecule has 2 rings (SSSR count). The molecule has 1 aromatic heterocycles. The Morgan fingerprint density at radius 3 is 2.48 bits per heavy atom. The maximum absolute atomic E-state index is 12.3. The van der Waals surface area contributed by atoms with Crippen LogP contribution in [-0.2, 0) is 0 Å². The van der Waals surface area contributed by atoms with Crippen LogP contribution in [0.25, 0.3) is 0 Å². The van der Waals surface area contributed by atoms with E-state index in [9.17, 15) is 9.59 Å². The molecule has 0 bridgehead atoms. The number of nitrogens with two attached hydrogens (primary N) is 1. The Bertz CT molecular complexity index is 811. The lowest BCUT2D eigenvalue weighted by atomic mass is 10.2. The highest BCUT2D eigenvalue weighted by Crippen LogP contribution is 2.13. The van der Waals surface area contributed by atoms with E-state index in [-0.39, 0.29) is 23.5 Å². The standard InChI is InChI=1S/C17H23N7O3/c1-10(20-16(26)11-5-7-12(27-4)8-6-11)9-24(3)17-21-15(19-2)13(14(18)25)22-23-17/h5-8,10H,9H2,1-4H3,(H2,18,25)(H,20,26)(H,19,21,23). The maximum atomic E-state index is 12.3. The number of carbonyl (C=O) groups excluding carboxylic acids is 2. The van der Waals surface area contributed by atoms with Gasteiger partial charge in [0, 0.05) is 32.2 Å². The first-order valence-electron chi connectivity index (χ1n) is 8.24. The van der Waals surface area contributed by atoms with Crippen molar-refractivity contribution in [2.24, 2.45) is 5.73 Å². The summed E-state index contributed by atoms with van der Waals surface area (Å²) in [5, 5.41) is 13.4. The Morgan fingerprint density at radius 2 is 1.93 bits per heavy atom. The molecular formula is C17H23N7O3. The Labute approximate surface area is 157 Å². The molecule has 0 fully saturated rings. The minimum atomic E-state index is -0.714. The van der Waals surface area contributed by atoms with Crippen molar-refractivity contribution in [2.75, 3.05) is 38.0 Å². The number of hydrogen-bond acceptors (Lipinski definition) is 8. The van der Waals surface area contributed by atoms with E-state index in [1.165, 1.54) is 0 Å². The van der Waals surface area contributed by atoms with Crippen LogP contribution in [-0.4, -0.2) is 60.8 Å². The average Bonchev–Trinajstić information content (AvgIpc) is 2.67. The molecule has 0 saturated carbocycles. The summed E-state index contributed by atoms with van der Waals surface area (Å²) >= 11 is 0. The van der Waals surface area contributed by atoms with Gasteiger partial charge >= 0.3 is 0 Å². The summed E-state index contributed by atoms with van der Waals surface area (Å²) in [7, 11) is 4.94. The minimum absolute atomic E-state index is 0.0319. The lowest BCUT2D eigenvalue weighted by Crippen LogP contribution is -2.41. The van der Waals surface area contributed by atoms with E-state index < -0.39 is 5.91 Å². The summed E-state index contributed by atoms with van der Waals surface area (Å²) in [6.07, 6.45) is 0. The maximum Gasteiger partial charge on any atom is 0.273 e. The number of nitrogens with zero attached hydrogens (tertiary/aromatic N) is 4. The number of primary amides is 1. The van der Waals surface area contributed by atoms with E-state index in [0.717, 1.165) is 0 Å². The first-order valence-corrected chi connectivity index (χ1v) is 8.24. The van der Waals surface area contributed by atoms with Gasteiger partial charge in [0.15, 0.2) is 11.5 Å². The predicted molar refractivity (Wildman–Crippen MR) is 101 cm³/mol. The number of nitrogens with one attached hydrogen (secondary N) is 2. The van der Waals surface area contributed by atoms with E-state index >= 15 is 0 Å². The largest absolute Gasteiger partial charge is 0.497 e. The molecule has 1 aromatic carbocycles. The number of hydrogen-bond donors (Lipinski definition) is 3. The first-order chi connectivity index (χ1) is 12.8. The minimum Gasteiger partial charge on any atom is -0.497 e. The van der Waals surface area contributed by atoms with Gasteiger partial charge in [-0.25, -0.2) is 0 Å². The molecule has 10 nitrogen and oxygen atoms in total. The number of anilines is 2. The SMILES string of the molecule is CNc1nc(N(C)CC(C)NC(=O)c2ccc(OC)cc2)nnc1C(N)=O. The predicted octanol–water partition coefficient (Wildman–Crippen LogP) is 0.276. The molecule has 0 aliphatic carbocycles. The van der Waals surface area contributed by atoms with Gasteiger partial charge in [0.25, 0.3) is 11.8 Å². The van der Waals surface area contributed by atoms with Crippen LogP contribution in [0, 0.1) is 0 Å². The number of ether oxygens (including phenoxy) is 1. The first kappa shape index (κ1) is 19.9. The number of benzene rings is 1. The van der Waals surface area contributed by atoms with E-state index in [4.69, 9.17) is 10.5 Å². The zero-order valence-electron chi connectivity index (χ0n) is 15.7. The number of methoxy groups -OCH3 is 1. The third kappa shape index (κ3) is 5.03. The monoisotopic (exact) mass is 373 g/mol. The molecule has 0 radical (unpaired) electrons. The second-order valence-corrected chi connectivity index (χ2v) is 5.91. The third-order valence-electron chi connectivity index (χ3n) is 3.76. The van der Waals surface area contributed by atoms with Crippen molar-refractivity contribution in [3.63, 3.8) is 0 Å². The lowest BCUT2D eigenvalue weighted by Gasteiger charge is -2.22. The fraction of sp³-hybridized carbons (Fsp3) is 0.353. The average molecular weight is 373 g/mol. The van der Waals surface area contributed by atoms with Crippen LogP contribution in [0.1, 0.15) is 27.8 Å². The van der Waals surface area contributed by atoms with Gasteiger partial charge in [0.1, 0.15) is 5.75 Å². The van der Waals surface area contributed by atoms with Crippen molar-refractivity contribution in [1.29, 1.82) is 0 Å². The number of likely N-dealkylation sites (N-methyl/N-ethyl adjacent to an activating group) is 1. The smallest absolute Gasteiger partial charge is 0.273 e. The Morgan fingerprint density at radius 1 is 1.26 bits per heavy atom. The van der Waals surface area contributed by atoms with Gasteiger partial charge in [0.05, 0.1) is 7.11 Å². The zero-order chi connectivity index (χ0) is 20.0. The number of amides is 2. The Balaban J connectivity index is 2.01. The van der Waals surface area contributed by atoms with Gasteiger partial charge in [-0.15, -0.1) is 10.2 Å². The van der Waals surface area contributed by atoms with E-state index in [2.05, 4.69) is 25.8 Å². The summed E-state index contributed by atoms with van der Waals surface area (Å²) in [4.78, 5) is 29.6. The van der Waals surface area contributed by atoms with Crippen LogP contribution < -0.4 is 26.0 Å². The quantitative estimate of drug-likeness (QED) is 0.600. The van der Waals surface area contributed by atoms with Crippen molar-refractivity contribution < 1.29 is 14.3 Å². The van der Waals surface area contributed by atoms with Crippen LogP contribution in [0.3, 0.4) is 0 Å². The molecule has 2 aromatic rings. The van der Waals surface area contributed by atoms with Gasteiger partial charge in [-0.3, -0.25) is 9.59 Å². The molecule has 1 atom stereocenters. The molecule has 4 N–H and O–H groups in total. The van der Waals surface area contributed by atoms with Gasteiger partial charge in [-0.2, -0.15) is 4.98 Å². The van der Waals surface area contributed by atoms with E-state index in [0.29, 0.717) is 23.8 Å². The second kappa shape index (κ2) is 8.79. The van der Waals surface area contributed by atoms with Crippen LogP contribution in [0.5, 0.6) is 5.75 Å². The summed E-state index contributed by atoms with van der Waals surface area (Å²) in [5.41, 5.74) is 5.74. The Hall–Kier alpha value is -3.43. The van der Waals surface area contributed by atoms with Crippen LogP contribution in [0.15, 0.2) is 24.3 Å². The Kier molecular flexibility index (Phi) is 6.47. The van der Waals surface area contributed by atoms with Crippen molar-refractivity contribution in [2.45, 2.75) is 13.0 Å². The summed E-state index contributed by atoms with van der Waals surface area (Å²) < 4.78 is 5.08. The normalized spacial score (nSPS) is 11.4. The highest BCUT2D eigenvalue weighted by Gasteiger charge is 2.17. The summed E-state index contributed by atoms with van der Waals surface area (Å²) in [5.74, 6) is 0.319. The van der Waals surface area contributed by atoms with Gasteiger partial charge in [0.2, 0.25) is 5.95 Å². The number of aromatic nitrogens is 3.